The largest absolute Gasteiger partial charge is 0.464 e. The molecule has 0 atom stereocenters. The minimum atomic E-state index is 0.325. The number of halogens is 1. The first-order chi connectivity index (χ1) is 7.90. The zero-order valence-electron chi connectivity index (χ0n) is 8.31. The number of para-hydroxylation sites is 1. The van der Waals surface area contributed by atoms with Gasteiger partial charge in [-0.3, -0.25) is 0 Å². The Labute approximate surface area is 96.6 Å². The summed E-state index contributed by atoms with van der Waals surface area (Å²) in [5.41, 5.74) is 2.45. The summed E-state index contributed by atoms with van der Waals surface area (Å²) in [5, 5.41) is 1.01. The van der Waals surface area contributed by atoms with Crippen molar-refractivity contribution in [2.75, 3.05) is 0 Å². The molecule has 0 aliphatic rings. The molecule has 3 rings (SSSR count). The molecule has 3 aromatic rings. The molecule has 0 N–H and O–H groups in total. The molecule has 1 aromatic carbocycles. The fourth-order valence-corrected chi connectivity index (χ4v) is 1.93. The van der Waals surface area contributed by atoms with Crippen molar-refractivity contribution in [3.8, 4) is 11.3 Å². The maximum Gasteiger partial charge on any atom is 0.181 e. The second-order valence-corrected chi connectivity index (χ2v) is 3.67. The fraction of sp³-hybridized carbons (Fsp3) is 0.0833. The average Bonchev–Trinajstić information content (AvgIpc) is 2.94. The van der Waals surface area contributed by atoms with Crippen molar-refractivity contribution in [1.82, 2.24) is 4.98 Å². The first-order valence-corrected chi connectivity index (χ1v) is 5.38. The number of furan rings is 1. The number of benzene rings is 1. The molecule has 0 fully saturated rings. The summed E-state index contributed by atoms with van der Waals surface area (Å²) in [7, 11) is 0. The predicted molar refractivity (Wildman–Crippen MR) is 61.3 cm³/mol. The van der Waals surface area contributed by atoms with Crippen molar-refractivity contribution in [3.63, 3.8) is 0 Å². The van der Waals surface area contributed by atoms with Crippen LogP contribution in [0.5, 0.6) is 0 Å². The van der Waals surface area contributed by atoms with Gasteiger partial charge in [-0.25, -0.2) is 4.98 Å². The number of nitrogens with zero attached hydrogens (tertiary/aromatic N) is 1. The van der Waals surface area contributed by atoms with Gasteiger partial charge in [0.2, 0.25) is 0 Å². The van der Waals surface area contributed by atoms with Gasteiger partial charge < -0.3 is 8.83 Å². The first-order valence-electron chi connectivity index (χ1n) is 4.85. The highest BCUT2D eigenvalue weighted by Gasteiger charge is 2.15. The summed E-state index contributed by atoms with van der Waals surface area (Å²) in [5.74, 6) is 1.01. The number of oxazole rings is 1. The Morgan fingerprint density at radius 3 is 2.94 bits per heavy atom. The molecule has 0 saturated carbocycles. The van der Waals surface area contributed by atoms with E-state index in [9.17, 15) is 0 Å². The maximum absolute atomic E-state index is 5.79. The molecule has 4 heteroatoms. The van der Waals surface area contributed by atoms with Crippen molar-refractivity contribution >= 4 is 22.6 Å². The molecule has 2 heterocycles. The van der Waals surface area contributed by atoms with Crippen LogP contribution in [0.25, 0.3) is 22.3 Å². The molecule has 0 unspecified atom stereocenters. The molecule has 0 aliphatic heterocycles. The SMILES string of the molecule is ClCc1ncoc1-c1coc2ccccc12. The average molecular weight is 234 g/mol. The van der Waals surface area contributed by atoms with Gasteiger partial charge in [-0.15, -0.1) is 11.6 Å². The molecule has 0 spiro atoms. The van der Waals surface area contributed by atoms with Crippen LogP contribution in [0, 0.1) is 0 Å². The Kier molecular flexibility index (Phi) is 2.18. The first kappa shape index (κ1) is 9.48. The van der Waals surface area contributed by atoms with Crippen LogP contribution in [-0.2, 0) is 5.88 Å². The van der Waals surface area contributed by atoms with Gasteiger partial charge in [0.1, 0.15) is 17.5 Å². The highest BCUT2D eigenvalue weighted by atomic mass is 35.5. The standard InChI is InChI=1S/C12H8ClNO2/c13-5-10-12(16-7-14-10)9-6-15-11-4-2-1-3-8(9)11/h1-4,6-7H,5H2. The topological polar surface area (TPSA) is 39.2 Å². The van der Waals surface area contributed by atoms with Crippen LogP contribution in [0.15, 0.2) is 45.8 Å². The molecule has 3 nitrogen and oxygen atoms in total. The van der Waals surface area contributed by atoms with E-state index in [1.807, 2.05) is 24.3 Å². The third-order valence-corrected chi connectivity index (χ3v) is 2.75. The number of alkyl halides is 1. The van der Waals surface area contributed by atoms with Gasteiger partial charge in [0.25, 0.3) is 0 Å². The van der Waals surface area contributed by atoms with E-state index in [0.29, 0.717) is 11.6 Å². The second kappa shape index (κ2) is 3.68. The third-order valence-electron chi connectivity index (χ3n) is 2.49. The highest BCUT2D eigenvalue weighted by molar-refractivity contribution is 6.17. The minimum absolute atomic E-state index is 0.325. The molecule has 0 saturated heterocycles. The molecule has 0 amide bonds. The monoisotopic (exact) mass is 233 g/mol. The number of rotatable bonds is 2. The van der Waals surface area contributed by atoms with Crippen molar-refractivity contribution in [2.24, 2.45) is 0 Å². The van der Waals surface area contributed by atoms with Crippen LogP contribution < -0.4 is 0 Å². The maximum atomic E-state index is 5.79. The Morgan fingerprint density at radius 1 is 1.19 bits per heavy atom. The molecule has 80 valence electrons. The minimum Gasteiger partial charge on any atom is -0.464 e. The van der Waals surface area contributed by atoms with E-state index in [1.165, 1.54) is 6.39 Å². The summed E-state index contributed by atoms with van der Waals surface area (Å²) in [4.78, 5) is 4.06. The molecule has 16 heavy (non-hydrogen) atoms. The molecule has 2 aromatic heterocycles. The van der Waals surface area contributed by atoms with Gasteiger partial charge in [0, 0.05) is 5.39 Å². The van der Waals surface area contributed by atoms with E-state index < -0.39 is 0 Å². The zero-order valence-corrected chi connectivity index (χ0v) is 9.07. The fourth-order valence-electron chi connectivity index (χ4n) is 1.74. The summed E-state index contributed by atoms with van der Waals surface area (Å²) in [6.07, 6.45) is 3.07. The van der Waals surface area contributed by atoms with E-state index >= 15 is 0 Å². The lowest BCUT2D eigenvalue weighted by Gasteiger charge is -1.94. The number of hydrogen-bond acceptors (Lipinski definition) is 3. The van der Waals surface area contributed by atoms with Gasteiger partial charge in [0.05, 0.1) is 11.4 Å². The van der Waals surface area contributed by atoms with Crippen LogP contribution in [0.2, 0.25) is 0 Å². The van der Waals surface area contributed by atoms with Crippen LogP contribution in [0.3, 0.4) is 0 Å². The van der Waals surface area contributed by atoms with E-state index in [1.54, 1.807) is 6.26 Å². The number of hydrogen-bond donors (Lipinski definition) is 0. The van der Waals surface area contributed by atoms with Gasteiger partial charge in [-0.05, 0) is 6.07 Å². The van der Waals surface area contributed by atoms with E-state index in [4.69, 9.17) is 20.4 Å². The predicted octanol–water partition coefficient (Wildman–Crippen LogP) is 3.83. The van der Waals surface area contributed by atoms with E-state index in [-0.39, 0.29) is 0 Å². The lowest BCUT2D eigenvalue weighted by molar-refractivity contribution is 0.567. The quantitative estimate of drug-likeness (QED) is 0.632. The second-order valence-electron chi connectivity index (χ2n) is 3.41. The molecular weight excluding hydrogens is 226 g/mol. The molecule has 0 radical (unpaired) electrons. The van der Waals surface area contributed by atoms with Gasteiger partial charge in [-0.1, -0.05) is 18.2 Å². The normalized spacial score (nSPS) is 11.1. The summed E-state index contributed by atoms with van der Waals surface area (Å²) in [6.45, 7) is 0. The van der Waals surface area contributed by atoms with E-state index in [0.717, 1.165) is 22.2 Å². The van der Waals surface area contributed by atoms with Crippen LogP contribution in [-0.4, -0.2) is 4.98 Å². The summed E-state index contributed by atoms with van der Waals surface area (Å²) in [6, 6.07) is 7.78. The molecule has 0 bridgehead atoms. The lowest BCUT2D eigenvalue weighted by atomic mass is 10.1. The van der Waals surface area contributed by atoms with Crippen molar-refractivity contribution < 1.29 is 8.83 Å². The Bertz CT molecular complexity index is 627. The van der Waals surface area contributed by atoms with Crippen molar-refractivity contribution in [1.29, 1.82) is 0 Å². The highest BCUT2D eigenvalue weighted by Crippen LogP contribution is 2.32. The van der Waals surface area contributed by atoms with Crippen LogP contribution >= 0.6 is 11.6 Å². The number of aromatic nitrogens is 1. The molecular formula is C12H8ClNO2. The van der Waals surface area contributed by atoms with Gasteiger partial charge in [-0.2, -0.15) is 0 Å². The smallest absolute Gasteiger partial charge is 0.181 e. The summed E-state index contributed by atoms with van der Waals surface area (Å²) < 4.78 is 10.8. The lowest BCUT2D eigenvalue weighted by Crippen LogP contribution is -1.81. The Balaban J connectivity index is 2.26. The van der Waals surface area contributed by atoms with Crippen LogP contribution in [0.1, 0.15) is 5.69 Å². The van der Waals surface area contributed by atoms with Crippen molar-refractivity contribution in [2.45, 2.75) is 5.88 Å². The zero-order chi connectivity index (χ0) is 11.0. The Hall–Kier alpha value is -1.74. The third kappa shape index (κ3) is 1.32. The summed E-state index contributed by atoms with van der Waals surface area (Å²) >= 11 is 5.79. The Morgan fingerprint density at radius 2 is 2.06 bits per heavy atom. The molecule has 0 aliphatic carbocycles. The van der Waals surface area contributed by atoms with Crippen molar-refractivity contribution in [3.05, 3.63) is 42.6 Å². The van der Waals surface area contributed by atoms with E-state index in [2.05, 4.69) is 4.98 Å². The van der Waals surface area contributed by atoms with Gasteiger partial charge >= 0.3 is 0 Å². The van der Waals surface area contributed by atoms with Crippen LogP contribution in [0.4, 0.5) is 0 Å². The number of fused-ring (bicyclic) bond motifs is 1. The van der Waals surface area contributed by atoms with Gasteiger partial charge in [0.15, 0.2) is 12.2 Å².